The van der Waals surface area contributed by atoms with Crippen LogP contribution in [0.3, 0.4) is 0 Å². The van der Waals surface area contributed by atoms with Gasteiger partial charge in [-0.1, -0.05) is 24.3 Å². The highest BCUT2D eigenvalue weighted by Crippen LogP contribution is 2.46. The van der Waals surface area contributed by atoms with Gasteiger partial charge in [-0.25, -0.2) is 12.8 Å². The van der Waals surface area contributed by atoms with Crippen molar-refractivity contribution in [3.63, 3.8) is 0 Å². The van der Waals surface area contributed by atoms with Crippen molar-refractivity contribution in [3.8, 4) is 5.75 Å². The van der Waals surface area contributed by atoms with E-state index < -0.39 is 15.8 Å². The van der Waals surface area contributed by atoms with Gasteiger partial charge in [0.1, 0.15) is 21.4 Å². The third-order valence-corrected chi connectivity index (χ3v) is 9.17. The molecule has 0 radical (unpaired) electrons. The number of ether oxygens (including phenoxy) is 1. The van der Waals surface area contributed by atoms with Crippen LogP contribution < -0.4 is 15.0 Å². The first-order chi connectivity index (χ1) is 19.0. The normalized spacial score (nSPS) is 19.7. The summed E-state index contributed by atoms with van der Waals surface area (Å²) in [4.78, 5) is 13.3. The van der Waals surface area contributed by atoms with E-state index in [0.29, 0.717) is 26.1 Å². The van der Waals surface area contributed by atoms with E-state index in [1.54, 1.807) is 12.1 Å². The molecule has 2 N–H and O–H groups in total. The summed E-state index contributed by atoms with van der Waals surface area (Å²) in [5.74, 6) is -0.468. The second-order valence-electron chi connectivity index (χ2n) is 10.9. The van der Waals surface area contributed by atoms with Gasteiger partial charge in [0.15, 0.2) is 0 Å². The van der Waals surface area contributed by atoms with Gasteiger partial charge in [0, 0.05) is 60.2 Å². The number of carboxylic acid groups (broad SMARTS) is 1. The minimum atomic E-state index is -3.06. The van der Waals surface area contributed by atoms with Crippen molar-refractivity contribution >= 4 is 27.2 Å². The lowest BCUT2D eigenvalue weighted by Crippen LogP contribution is -2.33. The van der Waals surface area contributed by atoms with Gasteiger partial charge in [-0.3, -0.25) is 4.79 Å². The summed E-state index contributed by atoms with van der Waals surface area (Å²) in [7, 11) is -3.06. The van der Waals surface area contributed by atoms with E-state index in [1.807, 2.05) is 24.3 Å². The summed E-state index contributed by atoms with van der Waals surface area (Å²) in [6, 6.07) is 16.9. The fourth-order valence-corrected chi connectivity index (χ4v) is 6.79. The molecule has 0 aromatic heterocycles. The fraction of sp³-hybridized carbons (Fsp3) is 0.387. The average Bonchev–Trinajstić information content (AvgIpc) is 3.39. The molecule has 2 unspecified atom stereocenters. The summed E-state index contributed by atoms with van der Waals surface area (Å²) >= 11 is 0. The summed E-state index contributed by atoms with van der Waals surface area (Å²) in [5.41, 5.74) is 7.05. The number of anilines is 2. The summed E-state index contributed by atoms with van der Waals surface area (Å²) in [6.45, 7) is 5.74. The highest BCUT2D eigenvalue weighted by atomic mass is 32.2. The minimum absolute atomic E-state index is 0.0332. The van der Waals surface area contributed by atoms with Gasteiger partial charge < -0.3 is 20.1 Å². The van der Waals surface area contributed by atoms with Gasteiger partial charge in [0.05, 0.1) is 18.8 Å². The highest BCUT2D eigenvalue weighted by molar-refractivity contribution is 7.90. The molecule has 2 heterocycles. The van der Waals surface area contributed by atoms with Crippen molar-refractivity contribution in [2.24, 2.45) is 0 Å². The molecule has 9 heteroatoms. The number of sulfone groups is 1. The number of halogens is 1. The van der Waals surface area contributed by atoms with E-state index in [4.69, 9.17) is 9.84 Å². The topological polar surface area (TPSA) is 95.9 Å². The Morgan fingerprint density at radius 1 is 1.12 bits per heavy atom. The molecule has 2 aliphatic rings. The van der Waals surface area contributed by atoms with E-state index in [1.165, 1.54) is 12.3 Å². The molecular formula is C31H35FN2O5S. The Morgan fingerprint density at radius 3 is 2.67 bits per heavy atom. The number of hydrogen-bond donors (Lipinski definition) is 2. The van der Waals surface area contributed by atoms with E-state index in [9.17, 15) is 17.6 Å². The summed E-state index contributed by atoms with van der Waals surface area (Å²) in [5, 5.41) is 12.6. The highest BCUT2D eigenvalue weighted by Gasteiger charge is 2.37. The molecule has 3 aromatic rings. The maximum atomic E-state index is 14.4. The largest absolute Gasteiger partial charge is 0.493 e. The SMILES string of the molecule is Cc1c(CNc2ccc3c(c2)OC[C@H]3CC(=O)O)cccc1C1c2cc(F)ccc2N(CCCS(C)(=O)=O)C1C. The van der Waals surface area contributed by atoms with Crippen LogP contribution in [0.1, 0.15) is 59.4 Å². The molecule has 0 aliphatic carbocycles. The van der Waals surface area contributed by atoms with Crippen molar-refractivity contribution in [3.05, 3.63) is 88.2 Å². The van der Waals surface area contributed by atoms with E-state index >= 15 is 0 Å². The number of nitrogens with one attached hydrogen (secondary N) is 1. The average molecular weight is 567 g/mol. The summed E-state index contributed by atoms with van der Waals surface area (Å²) in [6.07, 6.45) is 1.81. The predicted molar refractivity (Wildman–Crippen MR) is 155 cm³/mol. The lowest BCUT2D eigenvalue weighted by Gasteiger charge is -2.28. The van der Waals surface area contributed by atoms with Crippen molar-refractivity contribution in [2.45, 2.75) is 51.1 Å². The zero-order chi connectivity index (χ0) is 28.6. The molecule has 40 heavy (non-hydrogen) atoms. The van der Waals surface area contributed by atoms with Crippen molar-refractivity contribution in [2.75, 3.05) is 35.4 Å². The maximum absolute atomic E-state index is 14.4. The number of rotatable bonds is 10. The van der Waals surface area contributed by atoms with Gasteiger partial charge >= 0.3 is 5.97 Å². The van der Waals surface area contributed by atoms with Crippen LogP contribution in [0.2, 0.25) is 0 Å². The first-order valence-electron chi connectivity index (χ1n) is 13.6. The number of carbonyl (C=O) groups is 1. The van der Waals surface area contributed by atoms with Crippen molar-refractivity contribution in [1.29, 1.82) is 0 Å². The second kappa shape index (κ2) is 11.1. The Kier molecular flexibility index (Phi) is 7.77. The van der Waals surface area contributed by atoms with Crippen LogP contribution >= 0.6 is 0 Å². The molecule has 0 spiro atoms. The fourth-order valence-electron chi connectivity index (χ4n) is 6.14. The van der Waals surface area contributed by atoms with Crippen LogP contribution in [0.4, 0.5) is 15.8 Å². The number of hydrogen-bond acceptors (Lipinski definition) is 6. The Hall–Kier alpha value is -3.59. The number of aliphatic carboxylic acids is 1. The zero-order valence-corrected chi connectivity index (χ0v) is 23.8. The molecule has 3 atom stereocenters. The lowest BCUT2D eigenvalue weighted by molar-refractivity contribution is -0.137. The smallest absolute Gasteiger partial charge is 0.304 e. The van der Waals surface area contributed by atoms with E-state index in [-0.39, 0.29) is 35.9 Å². The molecule has 3 aromatic carbocycles. The molecule has 0 bridgehead atoms. The number of fused-ring (bicyclic) bond motifs is 2. The molecule has 0 saturated heterocycles. The predicted octanol–water partition coefficient (Wildman–Crippen LogP) is 5.47. The first-order valence-corrected chi connectivity index (χ1v) is 15.6. The molecule has 212 valence electrons. The second-order valence-corrected chi connectivity index (χ2v) is 13.2. The molecule has 0 fully saturated rings. The molecule has 0 amide bonds. The first kappa shape index (κ1) is 28.0. The molecule has 7 nitrogen and oxygen atoms in total. The van der Waals surface area contributed by atoms with Crippen LogP contribution in [0.15, 0.2) is 54.6 Å². The Bertz CT molecular complexity index is 1540. The molecule has 2 aliphatic heterocycles. The van der Waals surface area contributed by atoms with Crippen LogP contribution in [-0.4, -0.2) is 50.7 Å². The molecular weight excluding hydrogens is 531 g/mol. The van der Waals surface area contributed by atoms with E-state index in [2.05, 4.69) is 36.2 Å². The van der Waals surface area contributed by atoms with Crippen molar-refractivity contribution < 1.29 is 27.4 Å². The van der Waals surface area contributed by atoms with Gasteiger partial charge in [-0.05, 0) is 66.8 Å². The quantitative estimate of drug-likeness (QED) is 0.336. The minimum Gasteiger partial charge on any atom is -0.493 e. The van der Waals surface area contributed by atoms with Crippen LogP contribution in [0, 0.1) is 12.7 Å². The Labute approximate surface area is 234 Å². The standard InChI is InChI=1S/C31H35FN2O5S/c1-19-21(17-33-24-9-10-26-22(14-30(35)36)18-39-29(26)16-24)6-4-7-25(19)31-20(2)34(12-5-13-40(3,37)38)28-11-8-23(32)15-27(28)31/h4,6-11,15-16,20,22,31,33H,5,12-14,17-18H2,1-3H3,(H,35,36)/t20?,22-,31?/m1/s1. The van der Waals surface area contributed by atoms with Crippen LogP contribution in [-0.2, 0) is 21.2 Å². The number of carboxylic acids is 1. The number of nitrogens with zero attached hydrogens (tertiary/aromatic N) is 1. The Balaban J connectivity index is 1.36. The van der Waals surface area contributed by atoms with Crippen LogP contribution in [0.25, 0.3) is 0 Å². The monoisotopic (exact) mass is 566 g/mol. The van der Waals surface area contributed by atoms with E-state index in [0.717, 1.165) is 44.9 Å². The lowest BCUT2D eigenvalue weighted by atomic mass is 9.84. The van der Waals surface area contributed by atoms with Gasteiger partial charge in [0.2, 0.25) is 0 Å². The third-order valence-electron chi connectivity index (χ3n) is 8.14. The Morgan fingerprint density at radius 2 is 1.93 bits per heavy atom. The maximum Gasteiger partial charge on any atom is 0.304 e. The third kappa shape index (κ3) is 5.80. The van der Waals surface area contributed by atoms with Crippen molar-refractivity contribution in [1.82, 2.24) is 0 Å². The molecule has 5 rings (SSSR count). The van der Waals surface area contributed by atoms with Gasteiger partial charge in [0.25, 0.3) is 0 Å². The number of benzene rings is 3. The van der Waals surface area contributed by atoms with Gasteiger partial charge in [-0.15, -0.1) is 0 Å². The summed E-state index contributed by atoms with van der Waals surface area (Å²) < 4.78 is 43.6. The van der Waals surface area contributed by atoms with Gasteiger partial charge in [-0.2, -0.15) is 0 Å². The van der Waals surface area contributed by atoms with Crippen LogP contribution in [0.5, 0.6) is 5.75 Å². The zero-order valence-electron chi connectivity index (χ0n) is 23.0. The molecule has 0 saturated carbocycles.